The number of thioether (sulfide) groups is 1. The van der Waals surface area contributed by atoms with Gasteiger partial charge in [0.25, 0.3) is 5.91 Å². The summed E-state index contributed by atoms with van der Waals surface area (Å²) in [6, 6.07) is 13.3. The van der Waals surface area contributed by atoms with Gasteiger partial charge in [-0.1, -0.05) is 36.8 Å². The molecule has 1 saturated carbocycles. The molecule has 1 aliphatic carbocycles. The Labute approximate surface area is 229 Å². The van der Waals surface area contributed by atoms with E-state index < -0.39 is 6.04 Å². The first-order valence-electron chi connectivity index (χ1n) is 13.4. The molecule has 0 saturated heterocycles. The minimum absolute atomic E-state index is 0.0407. The van der Waals surface area contributed by atoms with Crippen LogP contribution in [-0.2, 0) is 22.6 Å². The fraction of sp³-hybridized carbons (Fsp3) is 0.433. The molecule has 0 bridgehead atoms. The highest BCUT2D eigenvalue weighted by atomic mass is 32.2. The number of benzene rings is 2. The van der Waals surface area contributed by atoms with E-state index in [1.54, 1.807) is 24.3 Å². The second kappa shape index (κ2) is 14.2. The topological polar surface area (TPSA) is 96.1 Å². The molecule has 0 radical (unpaired) electrons. The zero-order valence-corrected chi connectivity index (χ0v) is 23.1. The Kier molecular flexibility index (Phi) is 10.4. The molecule has 38 heavy (non-hydrogen) atoms. The summed E-state index contributed by atoms with van der Waals surface area (Å²) in [4.78, 5) is 33.9. The van der Waals surface area contributed by atoms with E-state index >= 15 is 0 Å². The molecule has 8 heteroatoms. The van der Waals surface area contributed by atoms with Crippen molar-refractivity contribution >= 4 is 23.6 Å². The molecule has 1 fully saturated rings. The number of hydrogen-bond donors (Lipinski definition) is 3. The zero-order valence-electron chi connectivity index (χ0n) is 22.3. The van der Waals surface area contributed by atoms with Crippen LogP contribution < -0.4 is 10.6 Å². The molecule has 202 valence electrons. The SMILES string of the molecule is CSCC[C@H](NC(=O)c1ccc(CNCc2cnc[nH]2)cc1-c1ccccc1C)C(=O)OC1CCCCC1. The van der Waals surface area contributed by atoms with Crippen LogP contribution in [0.1, 0.15) is 65.7 Å². The van der Waals surface area contributed by atoms with E-state index in [1.165, 1.54) is 6.42 Å². The number of rotatable bonds is 12. The molecule has 3 aromatic rings. The minimum atomic E-state index is -0.669. The third-order valence-corrected chi connectivity index (χ3v) is 7.64. The second-order valence-electron chi connectivity index (χ2n) is 9.88. The molecule has 1 amide bonds. The zero-order chi connectivity index (χ0) is 26.7. The average Bonchev–Trinajstić information content (AvgIpc) is 3.45. The molecule has 2 aromatic carbocycles. The molecule has 1 aromatic heterocycles. The summed E-state index contributed by atoms with van der Waals surface area (Å²) in [5.74, 6) is 0.180. The highest BCUT2D eigenvalue weighted by Gasteiger charge is 2.27. The quantitative estimate of drug-likeness (QED) is 0.269. The summed E-state index contributed by atoms with van der Waals surface area (Å²) in [5.41, 5.74) is 5.56. The van der Waals surface area contributed by atoms with Gasteiger partial charge in [0.1, 0.15) is 12.1 Å². The van der Waals surface area contributed by atoms with E-state index in [1.807, 2.05) is 49.6 Å². The summed E-state index contributed by atoms with van der Waals surface area (Å²) < 4.78 is 5.84. The molecule has 0 unspecified atom stereocenters. The highest BCUT2D eigenvalue weighted by Crippen LogP contribution is 2.29. The van der Waals surface area contributed by atoms with Crippen molar-refractivity contribution in [2.24, 2.45) is 0 Å². The van der Waals surface area contributed by atoms with Crippen LogP contribution in [0.25, 0.3) is 11.1 Å². The Hall–Kier alpha value is -3.10. The third kappa shape index (κ3) is 7.71. The lowest BCUT2D eigenvalue weighted by molar-refractivity contribution is -0.152. The number of ether oxygens (including phenoxy) is 1. The Balaban J connectivity index is 1.53. The second-order valence-corrected chi connectivity index (χ2v) is 10.9. The van der Waals surface area contributed by atoms with Crippen LogP contribution in [0.3, 0.4) is 0 Å². The number of aryl methyl sites for hydroxylation is 1. The molecule has 1 aliphatic rings. The van der Waals surface area contributed by atoms with Crippen molar-refractivity contribution in [3.63, 3.8) is 0 Å². The smallest absolute Gasteiger partial charge is 0.328 e. The van der Waals surface area contributed by atoms with Gasteiger partial charge in [-0.05, 0) is 85.4 Å². The lowest BCUT2D eigenvalue weighted by Crippen LogP contribution is -2.43. The summed E-state index contributed by atoms with van der Waals surface area (Å²) in [6.45, 7) is 3.36. The summed E-state index contributed by atoms with van der Waals surface area (Å²) in [6.07, 6.45) is 11.1. The summed E-state index contributed by atoms with van der Waals surface area (Å²) >= 11 is 1.65. The number of carbonyl (C=O) groups excluding carboxylic acids is 2. The average molecular weight is 535 g/mol. The fourth-order valence-corrected chi connectivity index (χ4v) is 5.34. The van der Waals surface area contributed by atoms with Gasteiger partial charge in [-0.3, -0.25) is 4.79 Å². The number of aromatic amines is 1. The molecular weight excluding hydrogens is 496 g/mol. The van der Waals surface area contributed by atoms with Crippen molar-refractivity contribution < 1.29 is 14.3 Å². The molecule has 0 spiro atoms. The summed E-state index contributed by atoms with van der Waals surface area (Å²) in [5, 5.41) is 6.43. The van der Waals surface area contributed by atoms with E-state index in [9.17, 15) is 9.59 Å². The minimum Gasteiger partial charge on any atom is -0.461 e. The van der Waals surface area contributed by atoms with Crippen molar-refractivity contribution in [1.82, 2.24) is 20.6 Å². The van der Waals surface area contributed by atoms with Gasteiger partial charge in [-0.2, -0.15) is 11.8 Å². The van der Waals surface area contributed by atoms with Crippen LogP contribution in [-0.4, -0.2) is 46.0 Å². The van der Waals surface area contributed by atoms with Crippen molar-refractivity contribution in [1.29, 1.82) is 0 Å². The standard InChI is InChI=1S/C30H38N4O3S/c1-21-8-6-7-11-25(21)27-16-22(17-31-18-23-19-32-20-33-23)12-13-26(27)29(35)34-28(14-15-38-2)30(36)37-24-9-4-3-5-10-24/h6-8,11-13,16,19-20,24,28,31H,3-5,9-10,14-15,17-18H2,1-2H3,(H,32,33)(H,34,35)/t28-/m0/s1. The van der Waals surface area contributed by atoms with Crippen LogP contribution in [0, 0.1) is 6.92 Å². The van der Waals surface area contributed by atoms with E-state index in [2.05, 4.69) is 26.7 Å². The number of esters is 1. The predicted octanol–water partition coefficient (Wildman–Crippen LogP) is 5.40. The van der Waals surface area contributed by atoms with Crippen molar-refractivity contribution in [2.75, 3.05) is 12.0 Å². The third-order valence-electron chi connectivity index (χ3n) is 7.00. The maximum atomic E-state index is 13.6. The van der Waals surface area contributed by atoms with Crippen LogP contribution in [0.15, 0.2) is 55.0 Å². The Morgan fingerprint density at radius 2 is 1.92 bits per heavy atom. The molecule has 7 nitrogen and oxygen atoms in total. The lowest BCUT2D eigenvalue weighted by Gasteiger charge is -2.25. The Bertz CT molecular complexity index is 1190. The van der Waals surface area contributed by atoms with Gasteiger partial charge in [0.05, 0.1) is 6.33 Å². The molecule has 1 heterocycles. The van der Waals surface area contributed by atoms with Crippen LogP contribution in [0.4, 0.5) is 0 Å². The molecule has 4 rings (SSSR count). The largest absolute Gasteiger partial charge is 0.461 e. The van der Waals surface area contributed by atoms with Crippen LogP contribution >= 0.6 is 11.8 Å². The van der Waals surface area contributed by atoms with E-state index in [0.29, 0.717) is 25.1 Å². The van der Waals surface area contributed by atoms with Crippen molar-refractivity contribution in [3.8, 4) is 11.1 Å². The van der Waals surface area contributed by atoms with Crippen molar-refractivity contribution in [2.45, 2.75) is 70.7 Å². The maximum Gasteiger partial charge on any atom is 0.328 e. The lowest BCUT2D eigenvalue weighted by atomic mass is 9.93. The number of amides is 1. The fourth-order valence-electron chi connectivity index (χ4n) is 4.87. The number of nitrogens with zero attached hydrogens (tertiary/aromatic N) is 1. The monoisotopic (exact) mass is 534 g/mol. The van der Waals surface area contributed by atoms with Gasteiger partial charge in [-0.25, -0.2) is 9.78 Å². The number of hydrogen-bond acceptors (Lipinski definition) is 6. The first-order chi connectivity index (χ1) is 18.5. The molecule has 3 N–H and O–H groups in total. The first kappa shape index (κ1) is 27.9. The van der Waals surface area contributed by atoms with Crippen LogP contribution in [0.5, 0.6) is 0 Å². The number of H-pyrrole nitrogens is 1. The molecule has 0 aliphatic heterocycles. The van der Waals surface area contributed by atoms with E-state index in [0.717, 1.165) is 59.4 Å². The number of imidazole rings is 1. The molecular formula is C30H38N4O3S. The number of carbonyl (C=O) groups is 2. The van der Waals surface area contributed by atoms with Gasteiger partial charge in [0.2, 0.25) is 0 Å². The summed E-state index contributed by atoms with van der Waals surface area (Å²) in [7, 11) is 0. The normalized spacial score (nSPS) is 14.7. The van der Waals surface area contributed by atoms with Gasteiger partial charge >= 0.3 is 5.97 Å². The van der Waals surface area contributed by atoms with Gasteiger partial charge in [0.15, 0.2) is 0 Å². The van der Waals surface area contributed by atoms with Gasteiger partial charge in [0, 0.05) is 30.5 Å². The van der Waals surface area contributed by atoms with Crippen LogP contribution in [0.2, 0.25) is 0 Å². The molecule has 1 atom stereocenters. The van der Waals surface area contributed by atoms with Crippen molar-refractivity contribution in [3.05, 3.63) is 77.4 Å². The van der Waals surface area contributed by atoms with E-state index in [4.69, 9.17) is 4.74 Å². The van der Waals surface area contributed by atoms with Gasteiger partial charge in [-0.15, -0.1) is 0 Å². The highest BCUT2D eigenvalue weighted by molar-refractivity contribution is 7.98. The first-order valence-corrected chi connectivity index (χ1v) is 14.8. The Morgan fingerprint density at radius 3 is 2.66 bits per heavy atom. The van der Waals surface area contributed by atoms with E-state index in [-0.39, 0.29) is 18.0 Å². The Morgan fingerprint density at radius 1 is 1.11 bits per heavy atom. The van der Waals surface area contributed by atoms with Gasteiger partial charge < -0.3 is 20.4 Å². The number of aromatic nitrogens is 2. The number of nitrogens with one attached hydrogen (secondary N) is 3. The maximum absolute atomic E-state index is 13.6. The predicted molar refractivity (Wildman–Crippen MR) is 153 cm³/mol.